The van der Waals surface area contributed by atoms with Crippen molar-refractivity contribution in [2.75, 3.05) is 18.0 Å². The maximum absolute atomic E-state index is 12.9. The molecule has 9 heteroatoms. The van der Waals surface area contributed by atoms with Crippen LogP contribution in [-0.2, 0) is 13.1 Å². The molecule has 1 aromatic carbocycles. The second-order valence-electron chi connectivity index (χ2n) is 7.20. The molecule has 4 heterocycles. The Bertz CT molecular complexity index is 1120. The van der Waals surface area contributed by atoms with E-state index < -0.39 is 0 Å². The lowest BCUT2D eigenvalue weighted by Crippen LogP contribution is -2.43. The number of para-hydroxylation sites is 1. The molecule has 2 aliphatic rings. The molecule has 2 aliphatic heterocycles. The highest BCUT2D eigenvalue weighted by molar-refractivity contribution is 5.81. The van der Waals surface area contributed by atoms with E-state index in [1.165, 1.54) is 4.68 Å². The number of piperidine rings is 1. The number of H-pyrrole nitrogens is 1. The summed E-state index contributed by atoms with van der Waals surface area (Å²) in [4.78, 5) is 27.1. The highest BCUT2D eigenvalue weighted by Gasteiger charge is 2.21. The highest BCUT2D eigenvalue weighted by atomic mass is 16.5. The molecule has 0 radical (unpaired) electrons. The number of nitrogens with two attached hydrogens (primary N) is 1. The molecule has 0 saturated carbocycles. The zero-order chi connectivity index (χ0) is 19.1. The zero-order valence-corrected chi connectivity index (χ0v) is 15.3. The summed E-state index contributed by atoms with van der Waals surface area (Å²) in [5, 5.41) is 4.25. The minimum absolute atomic E-state index is 0.126. The maximum Gasteiger partial charge on any atom is 0.293 e. The molecule has 3 aromatic rings. The number of aromatic nitrogens is 4. The smallest absolute Gasteiger partial charge is 0.293 e. The molecule has 1 fully saturated rings. The van der Waals surface area contributed by atoms with Crippen molar-refractivity contribution < 1.29 is 4.74 Å². The third-order valence-corrected chi connectivity index (χ3v) is 5.16. The number of ether oxygens (including phenoxy) is 1. The molecule has 9 nitrogen and oxygen atoms in total. The topological polar surface area (TPSA) is 114 Å². The maximum atomic E-state index is 12.9. The SMILES string of the molecule is NC1CCCN(c2nc3cnn(CC4=NCc5ccccc5O4)c(=O)c3[nH]2)C1. The van der Waals surface area contributed by atoms with Crippen molar-refractivity contribution in [2.45, 2.75) is 32.0 Å². The third kappa shape index (κ3) is 3.03. The number of nitrogens with zero attached hydrogens (tertiary/aromatic N) is 5. The quantitative estimate of drug-likeness (QED) is 0.703. The van der Waals surface area contributed by atoms with Gasteiger partial charge < -0.3 is 20.4 Å². The number of imidazole rings is 1. The van der Waals surface area contributed by atoms with E-state index in [1.807, 2.05) is 24.3 Å². The number of fused-ring (bicyclic) bond motifs is 2. The van der Waals surface area contributed by atoms with E-state index in [0.29, 0.717) is 29.4 Å². The zero-order valence-electron chi connectivity index (χ0n) is 15.3. The molecule has 0 amide bonds. The summed E-state index contributed by atoms with van der Waals surface area (Å²) in [6, 6.07) is 7.87. The van der Waals surface area contributed by atoms with Crippen LogP contribution in [0.3, 0.4) is 0 Å². The standard InChI is InChI=1S/C19H21N7O2/c20-13-5-3-7-25(10-13)19-23-14-9-22-26(18(27)17(14)24-19)11-16-21-8-12-4-1-2-6-15(12)28-16/h1-2,4,6,9,13H,3,5,7-8,10-11,20H2,(H,23,24). The van der Waals surface area contributed by atoms with Gasteiger partial charge in [-0.15, -0.1) is 0 Å². The van der Waals surface area contributed by atoms with Crippen LogP contribution in [0.1, 0.15) is 18.4 Å². The Labute approximate surface area is 160 Å². The van der Waals surface area contributed by atoms with E-state index in [1.54, 1.807) is 6.20 Å². The van der Waals surface area contributed by atoms with Crippen molar-refractivity contribution >= 4 is 22.9 Å². The van der Waals surface area contributed by atoms with Gasteiger partial charge in [-0.05, 0) is 18.9 Å². The number of benzene rings is 1. The van der Waals surface area contributed by atoms with Gasteiger partial charge in [-0.1, -0.05) is 18.2 Å². The van der Waals surface area contributed by atoms with Crippen LogP contribution in [0.15, 0.2) is 40.2 Å². The molecule has 1 unspecified atom stereocenters. The molecule has 144 valence electrons. The summed E-state index contributed by atoms with van der Waals surface area (Å²) < 4.78 is 7.16. The highest BCUT2D eigenvalue weighted by Crippen LogP contribution is 2.23. The molecular weight excluding hydrogens is 358 g/mol. The van der Waals surface area contributed by atoms with Crippen molar-refractivity contribution in [3.8, 4) is 5.75 Å². The molecule has 0 bridgehead atoms. The first kappa shape index (κ1) is 16.9. The van der Waals surface area contributed by atoms with Gasteiger partial charge in [0.25, 0.3) is 5.56 Å². The lowest BCUT2D eigenvalue weighted by Gasteiger charge is -2.30. The summed E-state index contributed by atoms with van der Waals surface area (Å²) >= 11 is 0. The Kier molecular flexibility index (Phi) is 4.09. The molecule has 1 atom stereocenters. The molecule has 28 heavy (non-hydrogen) atoms. The van der Waals surface area contributed by atoms with Crippen LogP contribution in [0, 0.1) is 0 Å². The Morgan fingerprint density at radius 1 is 1.32 bits per heavy atom. The predicted octanol–water partition coefficient (Wildman–Crippen LogP) is 1.04. The van der Waals surface area contributed by atoms with Gasteiger partial charge in [-0.2, -0.15) is 5.10 Å². The van der Waals surface area contributed by atoms with Gasteiger partial charge in [0.1, 0.15) is 23.3 Å². The van der Waals surface area contributed by atoms with Crippen molar-refractivity contribution in [1.82, 2.24) is 19.7 Å². The molecule has 2 aromatic heterocycles. The van der Waals surface area contributed by atoms with Gasteiger partial charge in [0.15, 0.2) is 0 Å². The second-order valence-corrected chi connectivity index (χ2v) is 7.20. The Balaban J connectivity index is 1.41. The van der Waals surface area contributed by atoms with Gasteiger partial charge in [0.05, 0.1) is 12.7 Å². The first-order chi connectivity index (χ1) is 13.7. The summed E-state index contributed by atoms with van der Waals surface area (Å²) in [6.45, 7) is 2.31. The van der Waals surface area contributed by atoms with E-state index >= 15 is 0 Å². The normalized spacial score (nSPS) is 19.2. The lowest BCUT2D eigenvalue weighted by molar-refractivity contribution is 0.482. The molecule has 1 saturated heterocycles. The van der Waals surface area contributed by atoms with Crippen LogP contribution in [-0.4, -0.2) is 44.8 Å². The van der Waals surface area contributed by atoms with Gasteiger partial charge in [0, 0.05) is 24.7 Å². The van der Waals surface area contributed by atoms with Crippen LogP contribution in [0.5, 0.6) is 5.75 Å². The van der Waals surface area contributed by atoms with Crippen LogP contribution < -0.4 is 20.9 Å². The Morgan fingerprint density at radius 2 is 2.21 bits per heavy atom. The predicted molar refractivity (Wildman–Crippen MR) is 106 cm³/mol. The van der Waals surface area contributed by atoms with E-state index in [2.05, 4.69) is 25.0 Å². The molecule has 0 aliphatic carbocycles. The van der Waals surface area contributed by atoms with Crippen molar-refractivity contribution in [2.24, 2.45) is 10.7 Å². The fourth-order valence-electron chi connectivity index (χ4n) is 3.68. The Hall–Kier alpha value is -3.20. The summed E-state index contributed by atoms with van der Waals surface area (Å²) in [6.07, 6.45) is 3.62. The average Bonchev–Trinajstić information content (AvgIpc) is 3.15. The number of aromatic amines is 1. The number of aliphatic imine (C=N–C) groups is 1. The van der Waals surface area contributed by atoms with E-state index in [4.69, 9.17) is 10.5 Å². The van der Waals surface area contributed by atoms with Crippen LogP contribution in [0.4, 0.5) is 5.95 Å². The van der Waals surface area contributed by atoms with E-state index in [0.717, 1.165) is 37.2 Å². The van der Waals surface area contributed by atoms with Crippen LogP contribution >= 0.6 is 0 Å². The van der Waals surface area contributed by atoms with Gasteiger partial charge in [-0.3, -0.25) is 4.79 Å². The second kappa shape index (κ2) is 6.75. The monoisotopic (exact) mass is 379 g/mol. The first-order valence-electron chi connectivity index (χ1n) is 9.43. The largest absolute Gasteiger partial charge is 0.441 e. The molecule has 3 N–H and O–H groups in total. The fourth-order valence-corrected chi connectivity index (χ4v) is 3.68. The fraction of sp³-hybridized carbons (Fsp3) is 0.368. The van der Waals surface area contributed by atoms with Crippen molar-refractivity contribution in [1.29, 1.82) is 0 Å². The minimum Gasteiger partial charge on any atom is -0.441 e. The van der Waals surface area contributed by atoms with Gasteiger partial charge in [-0.25, -0.2) is 14.7 Å². The molecule has 0 spiro atoms. The van der Waals surface area contributed by atoms with Gasteiger partial charge in [0.2, 0.25) is 11.8 Å². The summed E-state index contributed by atoms with van der Waals surface area (Å²) in [5.41, 5.74) is 7.82. The number of hydrogen-bond acceptors (Lipinski definition) is 7. The molecular formula is C19H21N7O2. The summed E-state index contributed by atoms with van der Waals surface area (Å²) in [5.74, 6) is 1.91. The van der Waals surface area contributed by atoms with E-state index in [-0.39, 0.29) is 18.1 Å². The molecule has 5 rings (SSSR count). The van der Waals surface area contributed by atoms with Crippen molar-refractivity contribution in [3.05, 3.63) is 46.4 Å². The van der Waals surface area contributed by atoms with Crippen LogP contribution in [0.2, 0.25) is 0 Å². The lowest BCUT2D eigenvalue weighted by atomic mass is 10.1. The van der Waals surface area contributed by atoms with Gasteiger partial charge >= 0.3 is 0 Å². The minimum atomic E-state index is -0.247. The number of nitrogens with one attached hydrogen (secondary N) is 1. The number of anilines is 1. The van der Waals surface area contributed by atoms with Crippen LogP contribution in [0.25, 0.3) is 11.0 Å². The Morgan fingerprint density at radius 3 is 3.11 bits per heavy atom. The van der Waals surface area contributed by atoms with Crippen molar-refractivity contribution in [3.63, 3.8) is 0 Å². The summed E-state index contributed by atoms with van der Waals surface area (Å²) in [7, 11) is 0. The average molecular weight is 379 g/mol. The number of hydrogen-bond donors (Lipinski definition) is 2. The third-order valence-electron chi connectivity index (χ3n) is 5.16. The first-order valence-corrected chi connectivity index (χ1v) is 9.43. The number of rotatable bonds is 3. The van der Waals surface area contributed by atoms with E-state index in [9.17, 15) is 4.79 Å².